The van der Waals surface area contributed by atoms with Crippen molar-refractivity contribution in [3.63, 3.8) is 0 Å². The molecule has 0 radical (unpaired) electrons. The van der Waals surface area contributed by atoms with Crippen LogP contribution >= 0.6 is 20.8 Å². The van der Waals surface area contributed by atoms with E-state index in [1.54, 1.807) is 23.8 Å². The molecule has 0 spiro atoms. The van der Waals surface area contributed by atoms with Crippen molar-refractivity contribution in [3.05, 3.63) is 46.6 Å². The molecule has 1 atom stereocenters. The highest BCUT2D eigenvalue weighted by Gasteiger charge is 2.15. The van der Waals surface area contributed by atoms with Crippen molar-refractivity contribution >= 4 is 49.2 Å². The summed E-state index contributed by atoms with van der Waals surface area (Å²) in [5.41, 5.74) is 3.36. The molecule has 1 aromatic carbocycles. The molecule has 0 aliphatic carbocycles. The van der Waals surface area contributed by atoms with Gasteiger partial charge in [-0.05, 0) is 29.9 Å². The quantitative estimate of drug-likeness (QED) is 0.519. The summed E-state index contributed by atoms with van der Waals surface area (Å²) in [5, 5.41) is 4.31. The van der Waals surface area contributed by atoms with Crippen LogP contribution in [0.5, 0.6) is 0 Å². The molecule has 3 aromatic rings. The van der Waals surface area contributed by atoms with Gasteiger partial charge in [0.1, 0.15) is 10.7 Å². The summed E-state index contributed by atoms with van der Waals surface area (Å²) in [7, 11) is 4.28. The van der Waals surface area contributed by atoms with Crippen molar-refractivity contribution in [3.8, 4) is 0 Å². The van der Waals surface area contributed by atoms with Crippen LogP contribution in [0.25, 0.3) is 11.2 Å². The first-order chi connectivity index (χ1) is 12.5. The van der Waals surface area contributed by atoms with E-state index >= 15 is 0 Å². The first kappa shape index (κ1) is 18.8. The van der Waals surface area contributed by atoms with Crippen molar-refractivity contribution in [1.29, 1.82) is 0 Å². The average Bonchev–Trinajstić information content (AvgIpc) is 2.88. The lowest BCUT2D eigenvalue weighted by molar-refractivity contribution is -0.115. The molecule has 0 saturated heterocycles. The van der Waals surface area contributed by atoms with Crippen molar-refractivity contribution in [1.82, 2.24) is 14.5 Å². The molecule has 8 heteroatoms. The number of aryl methyl sites for hydroxylation is 1. The molecule has 0 aliphatic rings. The second kappa shape index (κ2) is 8.12. The second-order valence-electron chi connectivity index (χ2n) is 6.03. The van der Waals surface area contributed by atoms with E-state index in [-0.39, 0.29) is 12.3 Å². The Labute approximate surface area is 159 Å². The summed E-state index contributed by atoms with van der Waals surface area (Å²) in [5.74, 6) is 0.302. The highest BCUT2D eigenvalue weighted by atomic mass is 35.5. The summed E-state index contributed by atoms with van der Waals surface area (Å²) >= 11 is 6.00. The Morgan fingerprint density at radius 3 is 2.85 bits per heavy atom. The lowest BCUT2D eigenvalue weighted by Crippen LogP contribution is -2.19. The number of nitrogens with one attached hydrogen (secondary N) is 1. The fourth-order valence-electron chi connectivity index (χ4n) is 2.82. The molecular formula is C18H20ClN4O2P. The van der Waals surface area contributed by atoms with Crippen LogP contribution in [0.4, 0.5) is 5.95 Å². The predicted octanol–water partition coefficient (Wildman–Crippen LogP) is 2.72. The Kier molecular flexibility index (Phi) is 5.87. The van der Waals surface area contributed by atoms with E-state index in [1.807, 2.05) is 25.1 Å². The van der Waals surface area contributed by atoms with Crippen LogP contribution in [0.3, 0.4) is 0 Å². The van der Waals surface area contributed by atoms with E-state index in [2.05, 4.69) is 24.5 Å². The molecule has 0 aliphatic heterocycles. The van der Waals surface area contributed by atoms with Gasteiger partial charge in [-0.25, -0.2) is 9.97 Å². The Balaban J connectivity index is 1.85. The lowest BCUT2D eigenvalue weighted by atomic mass is 10.1. The molecule has 26 heavy (non-hydrogen) atoms. The van der Waals surface area contributed by atoms with Gasteiger partial charge in [0.25, 0.3) is 0 Å². The number of anilines is 1. The van der Waals surface area contributed by atoms with Crippen LogP contribution in [0, 0.1) is 6.92 Å². The van der Waals surface area contributed by atoms with Crippen molar-refractivity contribution in [2.24, 2.45) is 0 Å². The molecule has 2 heterocycles. The number of rotatable bonds is 6. The van der Waals surface area contributed by atoms with Crippen LogP contribution in [0.15, 0.2) is 30.3 Å². The highest BCUT2D eigenvalue weighted by Crippen LogP contribution is 2.20. The SMILES string of the molecule is COCCn1c(NC(=O)Cc2cc(C)cc(P)c2)nc2ccc(Cl)nc21. The number of carbonyl (C=O) groups is 1. The molecule has 1 amide bonds. The highest BCUT2D eigenvalue weighted by molar-refractivity contribution is 7.27. The van der Waals surface area contributed by atoms with Gasteiger partial charge in [-0.3, -0.25) is 14.7 Å². The lowest BCUT2D eigenvalue weighted by Gasteiger charge is -2.10. The number of halogens is 1. The molecular weight excluding hydrogens is 371 g/mol. The number of pyridine rings is 1. The van der Waals surface area contributed by atoms with Crippen LogP contribution in [0.2, 0.25) is 5.15 Å². The average molecular weight is 391 g/mol. The number of hydrogen-bond donors (Lipinski definition) is 1. The Morgan fingerprint density at radius 1 is 1.31 bits per heavy atom. The smallest absolute Gasteiger partial charge is 0.231 e. The minimum Gasteiger partial charge on any atom is -0.383 e. The maximum absolute atomic E-state index is 12.5. The maximum atomic E-state index is 12.5. The van der Waals surface area contributed by atoms with Crippen LogP contribution < -0.4 is 10.6 Å². The predicted molar refractivity (Wildman–Crippen MR) is 107 cm³/mol. The van der Waals surface area contributed by atoms with Gasteiger partial charge in [0.2, 0.25) is 11.9 Å². The van der Waals surface area contributed by atoms with Gasteiger partial charge >= 0.3 is 0 Å². The number of nitrogens with zero attached hydrogens (tertiary/aromatic N) is 3. The fraction of sp³-hybridized carbons (Fsp3) is 0.278. The monoisotopic (exact) mass is 390 g/mol. The number of hydrogen-bond acceptors (Lipinski definition) is 4. The molecule has 0 bridgehead atoms. The van der Waals surface area contributed by atoms with E-state index < -0.39 is 0 Å². The van der Waals surface area contributed by atoms with E-state index in [9.17, 15) is 4.79 Å². The van der Waals surface area contributed by atoms with Gasteiger partial charge in [0.15, 0.2) is 5.65 Å². The number of methoxy groups -OCH3 is 1. The maximum Gasteiger partial charge on any atom is 0.231 e. The van der Waals surface area contributed by atoms with Crippen molar-refractivity contribution < 1.29 is 9.53 Å². The van der Waals surface area contributed by atoms with E-state index in [0.717, 1.165) is 16.4 Å². The summed E-state index contributed by atoms with van der Waals surface area (Å²) in [6, 6.07) is 9.49. The Bertz CT molecular complexity index is 938. The number of ether oxygens (including phenoxy) is 1. The fourth-order valence-corrected chi connectivity index (χ4v) is 3.44. The van der Waals surface area contributed by atoms with Gasteiger partial charge in [0.05, 0.1) is 19.6 Å². The summed E-state index contributed by atoms with van der Waals surface area (Å²) in [4.78, 5) is 21.3. The topological polar surface area (TPSA) is 69.0 Å². The molecule has 2 aromatic heterocycles. The standard InChI is InChI=1S/C18H20ClN4O2P/c1-11-7-12(9-13(26)8-11)10-16(24)22-18-20-14-3-4-15(19)21-17(14)23(18)5-6-25-2/h3-4,7-9H,5-6,10,26H2,1-2H3,(H,20,22,24). The first-order valence-electron chi connectivity index (χ1n) is 8.14. The third kappa shape index (κ3) is 4.39. The minimum absolute atomic E-state index is 0.139. The largest absolute Gasteiger partial charge is 0.383 e. The van der Waals surface area contributed by atoms with Gasteiger partial charge in [-0.2, -0.15) is 0 Å². The summed E-state index contributed by atoms with van der Waals surface area (Å²) in [6.07, 6.45) is 0.269. The van der Waals surface area contributed by atoms with Crippen molar-refractivity contribution in [2.75, 3.05) is 19.0 Å². The molecule has 0 fully saturated rings. The zero-order chi connectivity index (χ0) is 18.7. The van der Waals surface area contributed by atoms with Gasteiger partial charge in [0, 0.05) is 7.11 Å². The molecule has 1 N–H and O–H groups in total. The zero-order valence-electron chi connectivity index (χ0n) is 14.6. The van der Waals surface area contributed by atoms with Gasteiger partial charge in [-0.15, -0.1) is 9.24 Å². The normalized spacial score (nSPS) is 11.1. The third-order valence-corrected chi connectivity index (χ3v) is 4.40. The van der Waals surface area contributed by atoms with E-state index in [4.69, 9.17) is 16.3 Å². The number of benzene rings is 1. The van der Waals surface area contributed by atoms with Crippen LogP contribution in [-0.4, -0.2) is 34.2 Å². The first-order valence-corrected chi connectivity index (χ1v) is 9.09. The minimum atomic E-state index is -0.139. The zero-order valence-corrected chi connectivity index (χ0v) is 16.5. The number of imidazole rings is 1. The number of carbonyl (C=O) groups excluding carboxylic acids is 1. The molecule has 136 valence electrons. The Hall–Kier alpha value is -2.01. The number of amides is 1. The van der Waals surface area contributed by atoms with Crippen LogP contribution in [0.1, 0.15) is 11.1 Å². The van der Waals surface area contributed by atoms with Gasteiger partial charge < -0.3 is 4.74 Å². The number of fused-ring (bicyclic) bond motifs is 1. The van der Waals surface area contributed by atoms with Crippen LogP contribution in [-0.2, 0) is 22.5 Å². The summed E-state index contributed by atoms with van der Waals surface area (Å²) in [6.45, 7) is 2.99. The molecule has 1 unspecified atom stereocenters. The second-order valence-corrected chi connectivity index (χ2v) is 7.09. The van der Waals surface area contributed by atoms with E-state index in [0.29, 0.717) is 35.4 Å². The summed E-state index contributed by atoms with van der Waals surface area (Å²) < 4.78 is 6.96. The Morgan fingerprint density at radius 2 is 2.12 bits per heavy atom. The van der Waals surface area contributed by atoms with Gasteiger partial charge in [-0.1, -0.05) is 35.4 Å². The molecule has 3 rings (SSSR count). The third-order valence-electron chi connectivity index (χ3n) is 3.85. The molecule has 0 saturated carbocycles. The van der Waals surface area contributed by atoms with E-state index in [1.165, 1.54) is 0 Å². The number of aromatic nitrogens is 3. The molecule has 6 nitrogen and oxygen atoms in total. The van der Waals surface area contributed by atoms with Crippen molar-refractivity contribution in [2.45, 2.75) is 19.9 Å².